The largest absolute Gasteiger partial charge is 0.468 e. The molecule has 2 aromatic heterocycles. The molecule has 0 bridgehead atoms. The molecule has 3 N–H and O–H groups in total. The third-order valence-corrected chi connectivity index (χ3v) is 3.46. The average molecular weight is 266 g/mol. The third-order valence-electron chi connectivity index (χ3n) is 2.46. The van der Waals surface area contributed by atoms with Gasteiger partial charge < -0.3 is 8.83 Å². The van der Waals surface area contributed by atoms with Crippen molar-refractivity contribution in [2.45, 2.75) is 18.4 Å². The van der Waals surface area contributed by atoms with Gasteiger partial charge in [-0.3, -0.25) is 10.2 Å². The minimum absolute atomic E-state index is 0.239. The number of thioether (sulfide) groups is 1. The molecule has 0 saturated heterocycles. The molecule has 0 fully saturated rings. The van der Waals surface area contributed by atoms with Crippen molar-refractivity contribution in [2.24, 2.45) is 5.84 Å². The van der Waals surface area contributed by atoms with Gasteiger partial charge in [0.2, 0.25) is 0 Å². The number of hydrogen-bond acceptors (Lipinski definition) is 5. The fourth-order valence-electron chi connectivity index (χ4n) is 1.50. The number of aryl methyl sites for hydroxylation is 1. The van der Waals surface area contributed by atoms with Gasteiger partial charge in [0.15, 0.2) is 5.76 Å². The molecule has 0 radical (unpaired) electrons. The molecule has 0 spiro atoms. The maximum Gasteiger partial charge on any atom is 0.300 e. The van der Waals surface area contributed by atoms with Crippen molar-refractivity contribution in [1.82, 2.24) is 5.43 Å². The molecule has 96 valence electrons. The van der Waals surface area contributed by atoms with Crippen molar-refractivity contribution in [3.8, 4) is 0 Å². The van der Waals surface area contributed by atoms with Crippen LogP contribution in [-0.2, 0) is 11.5 Å². The molecule has 1 amide bonds. The normalized spacial score (nSPS) is 10.6. The van der Waals surface area contributed by atoms with Crippen LogP contribution in [0, 0.1) is 6.92 Å². The maximum atomic E-state index is 11.3. The Kier molecular flexibility index (Phi) is 4.11. The van der Waals surface area contributed by atoms with Gasteiger partial charge in [-0.05, 0) is 25.1 Å². The van der Waals surface area contributed by atoms with E-state index in [1.165, 1.54) is 0 Å². The van der Waals surface area contributed by atoms with E-state index < -0.39 is 5.91 Å². The zero-order chi connectivity index (χ0) is 13.0. The molecule has 0 unspecified atom stereocenters. The lowest BCUT2D eigenvalue weighted by Gasteiger charge is -1.97. The zero-order valence-corrected chi connectivity index (χ0v) is 10.8. The lowest BCUT2D eigenvalue weighted by molar-refractivity contribution is 0.0924. The highest BCUT2D eigenvalue weighted by Crippen LogP contribution is 2.23. The molecule has 18 heavy (non-hydrogen) atoms. The van der Waals surface area contributed by atoms with E-state index >= 15 is 0 Å². The van der Waals surface area contributed by atoms with Crippen LogP contribution in [-0.4, -0.2) is 5.91 Å². The molecular weight excluding hydrogens is 252 g/mol. The van der Waals surface area contributed by atoms with Crippen molar-refractivity contribution in [1.29, 1.82) is 0 Å². The summed E-state index contributed by atoms with van der Waals surface area (Å²) in [5.74, 6) is 8.09. The van der Waals surface area contributed by atoms with Crippen molar-refractivity contribution < 1.29 is 13.6 Å². The van der Waals surface area contributed by atoms with Gasteiger partial charge in [0.1, 0.15) is 11.5 Å². The standard InChI is InChI=1S/C12H14N2O3S/c1-8-9(5-11(17-8)12(15)14-13)6-18-7-10-3-2-4-16-10/h2-5H,6-7,13H2,1H3,(H,14,15). The monoisotopic (exact) mass is 266 g/mol. The summed E-state index contributed by atoms with van der Waals surface area (Å²) in [4.78, 5) is 11.3. The second-order valence-corrected chi connectivity index (χ2v) is 4.72. The van der Waals surface area contributed by atoms with Crippen LogP contribution in [0.4, 0.5) is 0 Å². The van der Waals surface area contributed by atoms with Gasteiger partial charge in [0.05, 0.1) is 12.0 Å². The van der Waals surface area contributed by atoms with Crippen molar-refractivity contribution in [3.63, 3.8) is 0 Å². The maximum absolute atomic E-state index is 11.3. The first-order chi connectivity index (χ1) is 8.70. The molecule has 2 heterocycles. The summed E-state index contributed by atoms with van der Waals surface area (Å²) in [5, 5.41) is 0. The average Bonchev–Trinajstić information content (AvgIpc) is 2.99. The first-order valence-corrected chi connectivity index (χ1v) is 6.56. The number of nitrogens with one attached hydrogen (secondary N) is 1. The van der Waals surface area contributed by atoms with Gasteiger partial charge in [-0.2, -0.15) is 0 Å². The van der Waals surface area contributed by atoms with Crippen molar-refractivity contribution in [2.75, 3.05) is 0 Å². The Morgan fingerprint density at radius 3 is 3.00 bits per heavy atom. The summed E-state index contributed by atoms with van der Waals surface area (Å²) in [6.45, 7) is 1.83. The smallest absolute Gasteiger partial charge is 0.300 e. The van der Waals surface area contributed by atoms with Gasteiger partial charge in [-0.25, -0.2) is 5.84 Å². The van der Waals surface area contributed by atoms with E-state index in [1.54, 1.807) is 24.1 Å². The highest BCUT2D eigenvalue weighted by molar-refractivity contribution is 7.97. The molecule has 5 nitrogen and oxygen atoms in total. The molecule has 0 saturated carbocycles. The second kappa shape index (κ2) is 5.79. The summed E-state index contributed by atoms with van der Waals surface area (Å²) in [6, 6.07) is 5.51. The SMILES string of the molecule is Cc1oc(C(=O)NN)cc1CSCc1ccco1. The van der Waals surface area contributed by atoms with E-state index in [0.29, 0.717) is 0 Å². The van der Waals surface area contributed by atoms with E-state index in [1.807, 2.05) is 24.5 Å². The van der Waals surface area contributed by atoms with Crippen LogP contribution in [0.2, 0.25) is 0 Å². The highest BCUT2D eigenvalue weighted by Gasteiger charge is 2.13. The fourth-order valence-corrected chi connectivity index (χ4v) is 2.48. The number of carbonyl (C=O) groups excluding carboxylic acids is 1. The van der Waals surface area contributed by atoms with Gasteiger partial charge in [-0.15, -0.1) is 11.8 Å². The summed E-state index contributed by atoms with van der Waals surface area (Å²) in [7, 11) is 0. The molecule has 0 atom stereocenters. The Morgan fingerprint density at radius 2 is 2.33 bits per heavy atom. The quantitative estimate of drug-likeness (QED) is 0.492. The molecular formula is C12H14N2O3S. The van der Waals surface area contributed by atoms with Crippen LogP contribution >= 0.6 is 11.8 Å². The number of nitrogens with two attached hydrogens (primary N) is 1. The summed E-state index contributed by atoms with van der Waals surface area (Å²) in [5.41, 5.74) is 3.04. The minimum atomic E-state index is -0.416. The zero-order valence-electron chi connectivity index (χ0n) is 9.93. The van der Waals surface area contributed by atoms with Crippen LogP contribution in [0.1, 0.15) is 27.6 Å². The van der Waals surface area contributed by atoms with E-state index in [9.17, 15) is 4.79 Å². The highest BCUT2D eigenvalue weighted by atomic mass is 32.2. The number of hydrogen-bond donors (Lipinski definition) is 2. The van der Waals surface area contributed by atoms with Crippen LogP contribution in [0.25, 0.3) is 0 Å². The minimum Gasteiger partial charge on any atom is -0.468 e. The second-order valence-electron chi connectivity index (χ2n) is 3.74. The summed E-state index contributed by atoms with van der Waals surface area (Å²) >= 11 is 1.69. The molecule has 2 rings (SSSR count). The van der Waals surface area contributed by atoms with Crippen LogP contribution in [0.3, 0.4) is 0 Å². The van der Waals surface area contributed by atoms with Gasteiger partial charge >= 0.3 is 5.91 Å². The Bertz CT molecular complexity index is 519. The van der Waals surface area contributed by atoms with E-state index in [0.717, 1.165) is 28.6 Å². The fraction of sp³-hybridized carbons (Fsp3) is 0.250. The number of nitrogen functional groups attached to an aromatic ring is 1. The lowest BCUT2D eigenvalue weighted by Crippen LogP contribution is -2.29. The molecule has 2 aromatic rings. The molecule has 0 aliphatic carbocycles. The number of carbonyl (C=O) groups is 1. The van der Waals surface area contributed by atoms with Gasteiger partial charge in [-0.1, -0.05) is 0 Å². The number of rotatable bonds is 5. The Hall–Kier alpha value is -1.66. The first kappa shape index (κ1) is 12.8. The van der Waals surface area contributed by atoms with Crippen LogP contribution in [0.15, 0.2) is 33.3 Å². The first-order valence-electron chi connectivity index (χ1n) is 5.41. The van der Waals surface area contributed by atoms with E-state index in [-0.39, 0.29) is 5.76 Å². The molecule has 6 heteroatoms. The predicted molar refractivity (Wildman–Crippen MR) is 68.8 cm³/mol. The Morgan fingerprint density at radius 1 is 1.50 bits per heavy atom. The Balaban J connectivity index is 1.93. The van der Waals surface area contributed by atoms with Crippen LogP contribution in [0.5, 0.6) is 0 Å². The van der Waals surface area contributed by atoms with E-state index in [4.69, 9.17) is 14.7 Å². The van der Waals surface area contributed by atoms with Gasteiger partial charge in [0.25, 0.3) is 0 Å². The molecule has 0 aromatic carbocycles. The number of amides is 1. The Labute approximate surface area is 109 Å². The van der Waals surface area contributed by atoms with E-state index in [2.05, 4.69) is 0 Å². The summed E-state index contributed by atoms with van der Waals surface area (Å²) in [6.07, 6.45) is 1.66. The number of furan rings is 2. The number of hydrazine groups is 1. The topological polar surface area (TPSA) is 81.4 Å². The van der Waals surface area contributed by atoms with Crippen molar-refractivity contribution >= 4 is 17.7 Å². The molecule has 0 aliphatic heterocycles. The van der Waals surface area contributed by atoms with Crippen LogP contribution < -0.4 is 11.3 Å². The molecule has 0 aliphatic rings. The van der Waals surface area contributed by atoms with Gasteiger partial charge in [0, 0.05) is 11.3 Å². The third kappa shape index (κ3) is 2.96. The lowest BCUT2D eigenvalue weighted by atomic mass is 10.3. The van der Waals surface area contributed by atoms with Crippen molar-refractivity contribution in [3.05, 3.63) is 47.3 Å². The summed E-state index contributed by atoms with van der Waals surface area (Å²) < 4.78 is 10.6. The predicted octanol–water partition coefficient (Wildman–Crippen LogP) is 2.22.